The number of halogens is 3. The fourth-order valence-corrected chi connectivity index (χ4v) is 3.07. The number of alkyl halides is 3. The number of carbonyl (C=O) groups is 1. The SMILES string of the molecule is CCCCOC(=O)N1CCC(c2ccc(C)c(OC(F)(F)Br)c2)CC1. The molecule has 1 amide bonds. The summed E-state index contributed by atoms with van der Waals surface area (Å²) in [5, 5.41) is -3.39. The van der Waals surface area contributed by atoms with E-state index in [1.165, 1.54) is 0 Å². The molecular formula is C18H24BrF2NO3. The van der Waals surface area contributed by atoms with Crippen molar-refractivity contribution in [3.05, 3.63) is 29.3 Å². The molecule has 140 valence electrons. The van der Waals surface area contributed by atoms with Crippen LogP contribution in [0.5, 0.6) is 5.75 Å². The quantitative estimate of drug-likeness (QED) is 0.455. The molecule has 0 atom stereocenters. The van der Waals surface area contributed by atoms with E-state index < -0.39 is 5.02 Å². The first-order valence-corrected chi connectivity index (χ1v) is 9.37. The Bertz CT molecular complexity index is 584. The number of rotatable bonds is 6. The van der Waals surface area contributed by atoms with Crippen LogP contribution in [-0.2, 0) is 4.74 Å². The molecule has 0 bridgehead atoms. The van der Waals surface area contributed by atoms with Crippen LogP contribution in [0.3, 0.4) is 0 Å². The first kappa shape index (κ1) is 19.9. The molecule has 0 aliphatic carbocycles. The van der Waals surface area contributed by atoms with Crippen molar-refractivity contribution in [3.63, 3.8) is 0 Å². The molecule has 0 radical (unpaired) electrons. The van der Waals surface area contributed by atoms with Gasteiger partial charge < -0.3 is 14.4 Å². The highest BCUT2D eigenvalue weighted by Crippen LogP contribution is 2.34. The van der Waals surface area contributed by atoms with Crippen LogP contribution in [0.4, 0.5) is 13.6 Å². The van der Waals surface area contributed by atoms with E-state index in [2.05, 4.69) is 20.7 Å². The number of unbranched alkanes of at least 4 members (excludes halogenated alkanes) is 1. The number of nitrogens with zero attached hydrogens (tertiary/aromatic N) is 1. The number of piperidine rings is 1. The second kappa shape index (κ2) is 8.83. The van der Waals surface area contributed by atoms with Crippen molar-refractivity contribution in [2.24, 2.45) is 0 Å². The van der Waals surface area contributed by atoms with Crippen molar-refractivity contribution in [2.45, 2.75) is 50.5 Å². The van der Waals surface area contributed by atoms with Gasteiger partial charge in [0.15, 0.2) is 0 Å². The fraction of sp³-hybridized carbons (Fsp3) is 0.611. The summed E-state index contributed by atoms with van der Waals surface area (Å²) < 4.78 is 36.0. The van der Waals surface area contributed by atoms with E-state index in [0.717, 1.165) is 31.2 Å². The second-order valence-electron chi connectivity index (χ2n) is 6.30. The molecule has 1 saturated heterocycles. The lowest BCUT2D eigenvalue weighted by Crippen LogP contribution is -2.38. The Hall–Kier alpha value is -1.37. The van der Waals surface area contributed by atoms with Crippen LogP contribution < -0.4 is 4.74 Å². The molecule has 1 aromatic carbocycles. The highest BCUT2D eigenvalue weighted by Gasteiger charge is 2.29. The van der Waals surface area contributed by atoms with Crippen LogP contribution in [0.1, 0.15) is 49.7 Å². The zero-order chi connectivity index (χ0) is 18.4. The van der Waals surface area contributed by atoms with Gasteiger partial charge in [0.25, 0.3) is 0 Å². The Labute approximate surface area is 155 Å². The van der Waals surface area contributed by atoms with Crippen molar-refractivity contribution >= 4 is 22.0 Å². The summed E-state index contributed by atoms with van der Waals surface area (Å²) in [5.74, 6) is 0.382. The first-order valence-electron chi connectivity index (χ1n) is 8.58. The van der Waals surface area contributed by atoms with Crippen molar-refractivity contribution in [2.75, 3.05) is 19.7 Å². The predicted molar refractivity (Wildman–Crippen MR) is 95.5 cm³/mol. The third kappa shape index (κ3) is 6.13. The van der Waals surface area contributed by atoms with Gasteiger partial charge in [-0.15, -0.1) is 0 Å². The topological polar surface area (TPSA) is 38.8 Å². The molecule has 4 nitrogen and oxygen atoms in total. The van der Waals surface area contributed by atoms with Crippen molar-refractivity contribution in [1.82, 2.24) is 4.90 Å². The van der Waals surface area contributed by atoms with Crippen molar-refractivity contribution in [1.29, 1.82) is 0 Å². The maximum absolute atomic E-state index is 13.1. The Balaban J connectivity index is 1.94. The number of ether oxygens (including phenoxy) is 2. The van der Waals surface area contributed by atoms with E-state index in [0.29, 0.717) is 25.3 Å². The van der Waals surface area contributed by atoms with Crippen molar-refractivity contribution < 1.29 is 23.0 Å². The molecule has 7 heteroatoms. The number of benzene rings is 1. The lowest BCUT2D eigenvalue weighted by Gasteiger charge is -2.31. The average Bonchev–Trinajstić information content (AvgIpc) is 2.56. The van der Waals surface area contributed by atoms with Crippen molar-refractivity contribution in [3.8, 4) is 5.75 Å². The van der Waals surface area contributed by atoms with Gasteiger partial charge in [-0.1, -0.05) is 25.5 Å². The molecule has 0 saturated carbocycles. The van der Waals surface area contributed by atoms with Gasteiger partial charge in [-0.2, -0.15) is 8.78 Å². The monoisotopic (exact) mass is 419 g/mol. The lowest BCUT2D eigenvalue weighted by molar-refractivity contribution is -0.0807. The van der Waals surface area contributed by atoms with Crippen LogP contribution in [-0.4, -0.2) is 35.7 Å². The van der Waals surface area contributed by atoms with Crippen LogP contribution in [0.15, 0.2) is 18.2 Å². The summed E-state index contributed by atoms with van der Waals surface area (Å²) in [7, 11) is 0. The lowest BCUT2D eigenvalue weighted by atomic mass is 9.89. The zero-order valence-electron chi connectivity index (χ0n) is 14.6. The van der Waals surface area contributed by atoms with Gasteiger partial charge in [0, 0.05) is 29.0 Å². The van der Waals surface area contributed by atoms with Crippen LogP contribution in [0.25, 0.3) is 0 Å². The Morgan fingerprint density at radius 3 is 2.64 bits per heavy atom. The van der Waals surface area contributed by atoms with Gasteiger partial charge in [-0.25, -0.2) is 4.79 Å². The smallest absolute Gasteiger partial charge is 0.449 e. The van der Waals surface area contributed by atoms with E-state index in [4.69, 9.17) is 4.74 Å². The van der Waals surface area contributed by atoms with Gasteiger partial charge in [0.05, 0.1) is 6.61 Å². The van der Waals surface area contributed by atoms with Gasteiger partial charge in [-0.05, 0) is 49.3 Å². The summed E-state index contributed by atoms with van der Waals surface area (Å²) in [6, 6.07) is 5.40. The third-order valence-electron chi connectivity index (χ3n) is 4.39. The number of likely N-dealkylation sites (tertiary alicyclic amines) is 1. The van der Waals surface area contributed by atoms with E-state index >= 15 is 0 Å². The van der Waals surface area contributed by atoms with Gasteiger partial charge in [0.2, 0.25) is 0 Å². The number of carbonyl (C=O) groups excluding carboxylic acids is 1. The first-order chi connectivity index (χ1) is 11.8. The second-order valence-corrected chi connectivity index (χ2v) is 7.23. The minimum absolute atomic E-state index is 0.167. The van der Waals surface area contributed by atoms with Crippen LogP contribution >= 0.6 is 15.9 Å². The summed E-state index contributed by atoms with van der Waals surface area (Å²) in [4.78, 5) is 13.7. The molecule has 1 aliphatic rings. The van der Waals surface area contributed by atoms with Gasteiger partial charge in [-0.3, -0.25) is 0 Å². The number of hydrogen-bond acceptors (Lipinski definition) is 3. The normalized spacial score (nSPS) is 16.0. The molecule has 0 unspecified atom stereocenters. The van der Waals surface area contributed by atoms with E-state index in [-0.39, 0.29) is 17.8 Å². The summed E-state index contributed by atoms with van der Waals surface area (Å²) in [6.45, 7) is 5.44. The third-order valence-corrected chi connectivity index (χ3v) is 4.55. The molecule has 1 heterocycles. The highest BCUT2D eigenvalue weighted by molar-refractivity contribution is 9.09. The largest absolute Gasteiger partial charge is 0.459 e. The minimum Gasteiger partial charge on any atom is -0.449 e. The zero-order valence-corrected chi connectivity index (χ0v) is 16.2. The van der Waals surface area contributed by atoms with Crippen LogP contribution in [0.2, 0.25) is 0 Å². The predicted octanol–water partition coefficient (Wildman–Crippen LogP) is 5.44. The van der Waals surface area contributed by atoms with Gasteiger partial charge in [0.1, 0.15) is 5.75 Å². The van der Waals surface area contributed by atoms with E-state index in [1.807, 2.05) is 13.0 Å². The Kier molecular flexibility index (Phi) is 7.04. The highest BCUT2D eigenvalue weighted by atomic mass is 79.9. The standard InChI is InChI=1S/C18H24BrF2NO3/c1-3-4-11-24-17(23)22-9-7-14(8-10-22)15-6-5-13(2)16(12-15)25-18(19,20)21/h5-6,12,14H,3-4,7-11H2,1-2H3. The molecular weight excluding hydrogens is 396 g/mol. The van der Waals surface area contributed by atoms with Gasteiger partial charge >= 0.3 is 11.1 Å². The molecule has 1 aromatic rings. The van der Waals surface area contributed by atoms with Crippen LogP contribution in [0, 0.1) is 6.92 Å². The molecule has 2 rings (SSSR count). The van der Waals surface area contributed by atoms with E-state index in [9.17, 15) is 13.6 Å². The molecule has 1 fully saturated rings. The average molecular weight is 420 g/mol. The number of hydrogen-bond donors (Lipinski definition) is 0. The molecule has 0 spiro atoms. The molecule has 1 aliphatic heterocycles. The van der Waals surface area contributed by atoms with E-state index in [1.54, 1.807) is 24.0 Å². The Morgan fingerprint density at radius 2 is 2.04 bits per heavy atom. The molecule has 0 aromatic heterocycles. The fourth-order valence-electron chi connectivity index (χ4n) is 2.90. The Morgan fingerprint density at radius 1 is 1.36 bits per heavy atom. The molecule has 25 heavy (non-hydrogen) atoms. The summed E-state index contributed by atoms with van der Waals surface area (Å²) in [6.07, 6.45) is 3.14. The number of aryl methyl sites for hydroxylation is 1. The number of amides is 1. The maximum Gasteiger partial charge on any atom is 0.459 e. The summed E-state index contributed by atoms with van der Waals surface area (Å²) in [5.41, 5.74) is 1.61. The molecule has 0 N–H and O–H groups in total. The maximum atomic E-state index is 13.1. The summed E-state index contributed by atoms with van der Waals surface area (Å²) >= 11 is 2.21. The minimum atomic E-state index is -3.39.